The molecule has 5 heteroatoms. The lowest BCUT2D eigenvalue weighted by atomic mass is 10.2. The number of amides is 1. The van der Waals surface area contributed by atoms with Gasteiger partial charge in [0.05, 0.1) is 12.3 Å². The Kier molecular flexibility index (Phi) is 4.38. The summed E-state index contributed by atoms with van der Waals surface area (Å²) in [5, 5.41) is 3.49. The predicted octanol–water partition coefficient (Wildman–Crippen LogP) is 2.94. The SMILES string of the molecule is C[C@H](NC1CCN(C(=O)OC(C)(C)C)C1)c1ccco1. The Labute approximate surface area is 120 Å². The molecule has 1 amide bonds. The molecule has 0 spiro atoms. The number of nitrogens with zero attached hydrogens (tertiary/aromatic N) is 1. The topological polar surface area (TPSA) is 54.7 Å². The second-order valence-electron chi connectivity index (χ2n) is 6.32. The van der Waals surface area contributed by atoms with Crippen LogP contribution < -0.4 is 5.32 Å². The average molecular weight is 280 g/mol. The highest BCUT2D eigenvalue weighted by molar-refractivity contribution is 5.68. The van der Waals surface area contributed by atoms with Gasteiger partial charge in [-0.05, 0) is 46.2 Å². The molecule has 20 heavy (non-hydrogen) atoms. The molecular formula is C15H24N2O3. The van der Waals surface area contributed by atoms with E-state index in [0.29, 0.717) is 6.54 Å². The highest BCUT2D eigenvalue weighted by Crippen LogP contribution is 2.19. The highest BCUT2D eigenvalue weighted by Gasteiger charge is 2.30. The molecular weight excluding hydrogens is 256 g/mol. The third-order valence-corrected chi connectivity index (χ3v) is 3.30. The third-order valence-electron chi connectivity index (χ3n) is 3.30. The predicted molar refractivity (Wildman–Crippen MR) is 76.5 cm³/mol. The lowest BCUT2D eigenvalue weighted by Crippen LogP contribution is -2.38. The minimum absolute atomic E-state index is 0.147. The smallest absolute Gasteiger partial charge is 0.410 e. The minimum Gasteiger partial charge on any atom is -0.468 e. The molecule has 112 valence electrons. The van der Waals surface area contributed by atoms with Crippen molar-refractivity contribution in [2.24, 2.45) is 0 Å². The second kappa shape index (κ2) is 5.87. The molecule has 1 saturated heterocycles. The van der Waals surface area contributed by atoms with Crippen LogP contribution in [0.4, 0.5) is 4.79 Å². The van der Waals surface area contributed by atoms with Gasteiger partial charge in [0.15, 0.2) is 0 Å². The Balaban J connectivity index is 1.82. The molecule has 0 aliphatic carbocycles. The van der Waals surface area contributed by atoms with Crippen molar-refractivity contribution in [3.63, 3.8) is 0 Å². The summed E-state index contributed by atoms with van der Waals surface area (Å²) >= 11 is 0. The number of ether oxygens (including phenoxy) is 1. The Morgan fingerprint density at radius 2 is 2.30 bits per heavy atom. The number of nitrogens with one attached hydrogen (secondary N) is 1. The monoisotopic (exact) mass is 280 g/mol. The summed E-state index contributed by atoms with van der Waals surface area (Å²) in [6.07, 6.45) is 2.38. The largest absolute Gasteiger partial charge is 0.468 e. The summed E-state index contributed by atoms with van der Waals surface area (Å²) in [5.74, 6) is 0.917. The number of carbonyl (C=O) groups is 1. The van der Waals surface area contributed by atoms with Gasteiger partial charge in [0, 0.05) is 19.1 Å². The lowest BCUT2D eigenvalue weighted by molar-refractivity contribution is 0.0290. The van der Waals surface area contributed by atoms with Crippen LogP contribution in [0.25, 0.3) is 0 Å². The molecule has 0 bridgehead atoms. The van der Waals surface area contributed by atoms with Crippen LogP contribution in [0.15, 0.2) is 22.8 Å². The van der Waals surface area contributed by atoms with E-state index in [-0.39, 0.29) is 18.2 Å². The van der Waals surface area contributed by atoms with E-state index in [2.05, 4.69) is 12.2 Å². The second-order valence-corrected chi connectivity index (χ2v) is 6.32. The zero-order chi connectivity index (χ0) is 14.8. The van der Waals surface area contributed by atoms with E-state index in [4.69, 9.17) is 9.15 Å². The molecule has 1 unspecified atom stereocenters. The summed E-state index contributed by atoms with van der Waals surface area (Å²) < 4.78 is 10.8. The molecule has 1 aliphatic heterocycles. The molecule has 1 fully saturated rings. The first-order valence-electron chi connectivity index (χ1n) is 7.12. The van der Waals surface area contributed by atoms with Crippen molar-refractivity contribution in [3.05, 3.63) is 24.2 Å². The maximum atomic E-state index is 12.0. The van der Waals surface area contributed by atoms with Gasteiger partial charge in [0.25, 0.3) is 0 Å². The number of furan rings is 1. The van der Waals surface area contributed by atoms with E-state index >= 15 is 0 Å². The fourth-order valence-corrected chi connectivity index (χ4v) is 2.36. The normalized spacial score (nSPS) is 21.0. The van der Waals surface area contributed by atoms with Crippen LogP contribution in [-0.4, -0.2) is 35.7 Å². The molecule has 1 N–H and O–H groups in total. The first-order valence-corrected chi connectivity index (χ1v) is 7.12. The van der Waals surface area contributed by atoms with E-state index in [1.54, 1.807) is 11.2 Å². The Hall–Kier alpha value is -1.49. The van der Waals surface area contributed by atoms with E-state index in [9.17, 15) is 4.79 Å². The van der Waals surface area contributed by atoms with Crippen LogP contribution in [0.2, 0.25) is 0 Å². The van der Waals surface area contributed by atoms with Gasteiger partial charge < -0.3 is 19.4 Å². The Bertz CT molecular complexity index is 436. The van der Waals surface area contributed by atoms with Crippen molar-refractivity contribution >= 4 is 6.09 Å². The standard InChI is InChI=1S/C15H24N2O3/c1-11(13-6-5-9-19-13)16-12-7-8-17(10-12)14(18)20-15(2,3)4/h5-6,9,11-12,16H,7-8,10H2,1-4H3/t11-,12?/m0/s1. The van der Waals surface area contributed by atoms with Crippen LogP contribution in [0, 0.1) is 0 Å². The van der Waals surface area contributed by atoms with Crippen LogP contribution in [-0.2, 0) is 4.74 Å². The number of hydrogen-bond acceptors (Lipinski definition) is 4. The molecule has 1 aromatic heterocycles. The van der Waals surface area contributed by atoms with Gasteiger partial charge in [-0.25, -0.2) is 4.79 Å². The van der Waals surface area contributed by atoms with Crippen molar-refractivity contribution in [2.75, 3.05) is 13.1 Å². The zero-order valence-electron chi connectivity index (χ0n) is 12.7. The van der Waals surface area contributed by atoms with Crippen molar-refractivity contribution < 1.29 is 13.9 Å². The van der Waals surface area contributed by atoms with Crippen LogP contribution >= 0.6 is 0 Å². The van der Waals surface area contributed by atoms with Crippen molar-refractivity contribution in [2.45, 2.75) is 51.8 Å². The molecule has 2 rings (SSSR count). The van der Waals surface area contributed by atoms with Crippen molar-refractivity contribution in [1.29, 1.82) is 0 Å². The minimum atomic E-state index is -0.440. The number of likely N-dealkylation sites (tertiary alicyclic amines) is 1. The van der Waals surface area contributed by atoms with Crippen molar-refractivity contribution in [1.82, 2.24) is 10.2 Å². The highest BCUT2D eigenvalue weighted by atomic mass is 16.6. The fourth-order valence-electron chi connectivity index (χ4n) is 2.36. The summed E-state index contributed by atoms with van der Waals surface area (Å²) in [6.45, 7) is 9.13. The van der Waals surface area contributed by atoms with Crippen LogP contribution in [0.5, 0.6) is 0 Å². The lowest BCUT2D eigenvalue weighted by Gasteiger charge is -2.24. The van der Waals surface area contributed by atoms with Gasteiger partial charge in [0.2, 0.25) is 0 Å². The third kappa shape index (κ3) is 4.00. The summed E-state index contributed by atoms with van der Waals surface area (Å²) in [5.41, 5.74) is -0.440. The van der Waals surface area contributed by atoms with Gasteiger partial charge in [-0.1, -0.05) is 0 Å². The molecule has 0 saturated carbocycles. The van der Waals surface area contributed by atoms with Crippen LogP contribution in [0.1, 0.15) is 45.9 Å². The number of hydrogen-bond donors (Lipinski definition) is 1. The van der Waals surface area contributed by atoms with Gasteiger partial charge in [-0.15, -0.1) is 0 Å². The van der Waals surface area contributed by atoms with E-state index in [1.807, 2.05) is 32.9 Å². The fraction of sp³-hybridized carbons (Fsp3) is 0.667. The maximum absolute atomic E-state index is 12.0. The first kappa shape index (κ1) is 14.9. The zero-order valence-corrected chi connectivity index (χ0v) is 12.7. The van der Waals surface area contributed by atoms with E-state index < -0.39 is 5.60 Å². The maximum Gasteiger partial charge on any atom is 0.410 e. The summed E-state index contributed by atoms with van der Waals surface area (Å²) in [7, 11) is 0. The van der Waals surface area contributed by atoms with Gasteiger partial charge in [0.1, 0.15) is 11.4 Å². The molecule has 0 aromatic carbocycles. The van der Waals surface area contributed by atoms with Gasteiger partial charge in [-0.3, -0.25) is 0 Å². The molecule has 2 atom stereocenters. The molecule has 2 heterocycles. The quantitative estimate of drug-likeness (QED) is 0.925. The Morgan fingerprint density at radius 3 is 2.90 bits per heavy atom. The summed E-state index contributed by atoms with van der Waals surface area (Å²) in [4.78, 5) is 13.7. The van der Waals surface area contributed by atoms with E-state index in [0.717, 1.165) is 18.7 Å². The first-order chi connectivity index (χ1) is 9.35. The number of rotatable bonds is 3. The van der Waals surface area contributed by atoms with Gasteiger partial charge in [-0.2, -0.15) is 0 Å². The molecule has 5 nitrogen and oxygen atoms in total. The molecule has 1 aromatic rings. The van der Waals surface area contributed by atoms with Gasteiger partial charge >= 0.3 is 6.09 Å². The molecule has 1 aliphatic rings. The van der Waals surface area contributed by atoms with Crippen LogP contribution in [0.3, 0.4) is 0 Å². The molecule has 0 radical (unpaired) electrons. The average Bonchev–Trinajstić information content (AvgIpc) is 2.97. The summed E-state index contributed by atoms with van der Waals surface area (Å²) in [6, 6.07) is 4.27. The Morgan fingerprint density at radius 1 is 1.55 bits per heavy atom. The van der Waals surface area contributed by atoms with Crippen molar-refractivity contribution in [3.8, 4) is 0 Å². The van der Waals surface area contributed by atoms with E-state index in [1.165, 1.54) is 0 Å². The number of carbonyl (C=O) groups excluding carboxylic acids is 1.